The van der Waals surface area contributed by atoms with E-state index in [2.05, 4.69) is 4.74 Å². The minimum atomic E-state index is -3.06. The second kappa shape index (κ2) is 4.97. The summed E-state index contributed by atoms with van der Waals surface area (Å²) in [6, 6.07) is 3.60. The van der Waals surface area contributed by atoms with Crippen molar-refractivity contribution < 1.29 is 22.3 Å². The Morgan fingerprint density at radius 3 is 2.20 bits per heavy atom. The molecule has 6 heteroatoms. The van der Waals surface area contributed by atoms with Crippen molar-refractivity contribution in [3.8, 4) is 5.75 Å². The fourth-order valence-corrected chi connectivity index (χ4v) is 1.09. The van der Waals surface area contributed by atoms with Crippen LogP contribution in [0.3, 0.4) is 0 Å². The van der Waals surface area contributed by atoms with Gasteiger partial charge in [0.15, 0.2) is 0 Å². The number of rotatable bonds is 4. The van der Waals surface area contributed by atoms with Gasteiger partial charge in [-0.2, -0.15) is 8.78 Å². The van der Waals surface area contributed by atoms with Crippen LogP contribution in [0.15, 0.2) is 24.3 Å². The molecule has 2 nitrogen and oxygen atoms in total. The lowest BCUT2D eigenvalue weighted by Gasteiger charge is -2.15. The first kappa shape index (κ1) is 11.8. The lowest BCUT2D eigenvalue weighted by atomic mass is 10.1. The van der Waals surface area contributed by atoms with Gasteiger partial charge in [0.2, 0.25) is 0 Å². The predicted molar refractivity (Wildman–Crippen MR) is 46.0 cm³/mol. The van der Waals surface area contributed by atoms with Crippen molar-refractivity contribution in [2.24, 2.45) is 5.73 Å². The first-order chi connectivity index (χ1) is 7.02. The SMILES string of the molecule is NC(c1ccccc1OC(F)F)C(F)F. The number of ether oxygens (including phenoxy) is 1. The Kier molecular flexibility index (Phi) is 3.90. The zero-order valence-corrected chi connectivity index (χ0v) is 7.54. The van der Waals surface area contributed by atoms with Crippen molar-refractivity contribution in [3.05, 3.63) is 29.8 Å². The quantitative estimate of drug-likeness (QED) is 0.796. The van der Waals surface area contributed by atoms with Gasteiger partial charge in [0.1, 0.15) is 5.75 Å². The van der Waals surface area contributed by atoms with Gasteiger partial charge < -0.3 is 10.5 Å². The van der Waals surface area contributed by atoms with Crippen LogP contribution in [0.4, 0.5) is 17.6 Å². The Hall–Kier alpha value is -1.30. The summed E-state index contributed by atoms with van der Waals surface area (Å²) in [6.07, 6.45) is -2.83. The highest BCUT2D eigenvalue weighted by Gasteiger charge is 2.22. The summed E-state index contributed by atoms with van der Waals surface area (Å²) in [4.78, 5) is 0. The molecule has 0 spiro atoms. The Morgan fingerprint density at radius 1 is 1.07 bits per heavy atom. The van der Waals surface area contributed by atoms with Crippen LogP contribution in [0.5, 0.6) is 5.75 Å². The van der Waals surface area contributed by atoms with Crippen molar-refractivity contribution in [1.82, 2.24) is 0 Å². The standard InChI is InChI=1S/C9H9F4NO/c10-8(11)7(14)5-3-1-2-4-6(5)15-9(12)13/h1-4,7-9H,14H2. The molecule has 15 heavy (non-hydrogen) atoms. The first-order valence-electron chi connectivity index (χ1n) is 4.10. The van der Waals surface area contributed by atoms with Crippen LogP contribution in [0.2, 0.25) is 0 Å². The molecule has 0 aromatic heterocycles. The monoisotopic (exact) mass is 223 g/mol. The smallest absolute Gasteiger partial charge is 0.387 e. The summed E-state index contributed by atoms with van der Waals surface area (Å²) in [6.45, 7) is -3.06. The van der Waals surface area contributed by atoms with E-state index in [-0.39, 0.29) is 11.3 Å². The van der Waals surface area contributed by atoms with Gasteiger partial charge >= 0.3 is 6.61 Å². The summed E-state index contributed by atoms with van der Waals surface area (Å²) < 4.78 is 52.4. The Bertz CT molecular complexity index is 319. The van der Waals surface area contributed by atoms with E-state index in [4.69, 9.17) is 5.73 Å². The molecule has 0 amide bonds. The molecule has 2 N–H and O–H groups in total. The van der Waals surface area contributed by atoms with Gasteiger partial charge in [-0.3, -0.25) is 0 Å². The number of hydrogen-bond acceptors (Lipinski definition) is 2. The van der Waals surface area contributed by atoms with E-state index in [1.807, 2.05) is 0 Å². The van der Waals surface area contributed by atoms with Gasteiger partial charge in [0, 0.05) is 5.56 Å². The topological polar surface area (TPSA) is 35.2 Å². The van der Waals surface area contributed by atoms with Crippen molar-refractivity contribution in [2.45, 2.75) is 19.1 Å². The predicted octanol–water partition coefficient (Wildman–Crippen LogP) is 2.55. The first-order valence-corrected chi connectivity index (χ1v) is 4.10. The zero-order valence-electron chi connectivity index (χ0n) is 7.54. The molecule has 1 unspecified atom stereocenters. The van der Waals surface area contributed by atoms with E-state index in [0.717, 1.165) is 0 Å². The molecule has 0 saturated carbocycles. The molecule has 0 saturated heterocycles. The highest BCUT2D eigenvalue weighted by molar-refractivity contribution is 5.36. The highest BCUT2D eigenvalue weighted by Crippen LogP contribution is 2.28. The van der Waals surface area contributed by atoms with Gasteiger partial charge in [-0.15, -0.1) is 0 Å². The molecule has 0 bridgehead atoms. The fourth-order valence-electron chi connectivity index (χ4n) is 1.09. The molecule has 1 aromatic carbocycles. The molecule has 1 rings (SSSR count). The van der Waals surface area contributed by atoms with Crippen LogP contribution in [-0.2, 0) is 0 Å². The van der Waals surface area contributed by atoms with Gasteiger partial charge in [-0.1, -0.05) is 18.2 Å². The molecule has 0 fully saturated rings. The molecule has 1 atom stereocenters. The summed E-state index contributed by atoms with van der Waals surface area (Å²) in [7, 11) is 0. The summed E-state index contributed by atoms with van der Waals surface area (Å²) in [5, 5.41) is 0. The largest absolute Gasteiger partial charge is 0.434 e. The molecule has 0 aliphatic rings. The molecule has 0 aliphatic heterocycles. The van der Waals surface area contributed by atoms with E-state index < -0.39 is 19.1 Å². The third-order valence-corrected chi connectivity index (χ3v) is 1.77. The molecule has 84 valence electrons. The van der Waals surface area contributed by atoms with Crippen molar-refractivity contribution in [2.75, 3.05) is 0 Å². The van der Waals surface area contributed by atoms with Crippen LogP contribution < -0.4 is 10.5 Å². The number of nitrogens with two attached hydrogens (primary N) is 1. The van der Waals surface area contributed by atoms with E-state index in [1.165, 1.54) is 24.3 Å². The molecular formula is C9H9F4NO. The molecule has 0 aliphatic carbocycles. The average molecular weight is 223 g/mol. The molecule has 0 heterocycles. The van der Waals surface area contributed by atoms with Gasteiger partial charge in [0.05, 0.1) is 6.04 Å². The van der Waals surface area contributed by atoms with Crippen molar-refractivity contribution in [3.63, 3.8) is 0 Å². The number of alkyl halides is 4. The van der Waals surface area contributed by atoms with Crippen LogP contribution in [0.25, 0.3) is 0 Å². The normalized spacial score (nSPS) is 13.3. The second-order valence-electron chi connectivity index (χ2n) is 2.78. The van der Waals surface area contributed by atoms with Crippen LogP contribution in [0.1, 0.15) is 11.6 Å². The lowest BCUT2D eigenvalue weighted by molar-refractivity contribution is -0.0512. The minimum absolute atomic E-state index is 0.132. The van der Waals surface area contributed by atoms with Crippen LogP contribution in [-0.4, -0.2) is 13.0 Å². The van der Waals surface area contributed by atoms with E-state index >= 15 is 0 Å². The number of hydrogen-bond donors (Lipinski definition) is 1. The zero-order chi connectivity index (χ0) is 11.4. The Balaban J connectivity index is 2.95. The lowest BCUT2D eigenvalue weighted by Crippen LogP contribution is -2.20. The van der Waals surface area contributed by atoms with E-state index in [0.29, 0.717) is 0 Å². The maximum absolute atomic E-state index is 12.3. The molecular weight excluding hydrogens is 214 g/mol. The maximum atomic E-state index is 12.3. The molecule has 1 aromatic rings. The van der Waals surface area contributed by atoms with Gasteiger partial charge in [0.25, 0.3) is 6.43 Å². The third kappa shape index (κ3) is 3.09. The minimum Gasteiger partial charge on any atom is -0.434 e. The average Bonchev–Trinajstić information content (AvgIpc) is 2.16. The van der Waals surface area contributed by atoms with E-state index in [1.54, 1.807) is 0 Å². The summed E-state index contributed by atoms with van der Waals surface area (Å²) in [5.41, 5.74) is 5.01. The Morgan fingerprint density at radius 2 is 1.67 bits per heavy atom. The molecule has 0 radical (unpaired) electrons. The van der Waals surface area contributed by atoms with Crippen LogP contribution in [0, 0.1) is 0 Å². The van der Waals surface area contributed by atoms with E-state index in [9.17, 15) is 17.6 Å². The maximum Gasteiger partial charge on any atom is 0.387 e. The number of para-hydroxylation sites is 1. The van der Waals surface area contributed by atoms with Crippen molar-refractivity contribution in [1.29, 1.82) is 0 Å². The number of benzene rings is 1. The fraction of sp³-hybridized carbons (Fsp3) is 0.333. The summed E-state index contributed by atoms with van der Waals surface area (Å²) >= 11 is 0. The highest BCUT2D eigenvalue weighted by atomic mass is 19.3. The van der Waals surface area contributed by atoms with Gasteiger partial charge in [-0.05, 0) is 6.07 Å². The number of halogens is 4. The Labute approximate surface area is 83.6 Å². The van der Waals surface area contributed by atoms with Gasteiger partial charge in [-0.25, -0.2) is 8.78 Å². The second-order valence-corrected chi connectivity index (χ2v) is 2.78. The van der Waals surface area contributed by atoms with Crippen LogP contribution >= 0.6 is 0 Å². The summed E-state index contributed by atoms with van der Waals surface area (Å²) in [5.74, 6) is -0.319. The van der Waals surface area contributed by atoms with Crippen molar-refractivity contribution >= 4 is 0 Å². The third-order valence-electron chi connectivity index (χ3n) is 1.77.